The van der Waals surface area contributed by atoms with E-state index in [9.17, 15) is 28.0 Å². The number of carbonyl (C=O) groups excluding carboxylic acids is 1. The maximum absolute atomic E-state index is 11.8. The average Bonchev–Trinajstić information content (AvgIpc) is 2.94. The number of cyclic esters (lactones) is 1. The van der Waals surface area contributed by atoms with Crippen LogP contribution in [0.3, 0.4) is 0 Å². The van der Waals surface area contributed by atoms with Crippen LogP contribution in [-0.4, -0.2) is 54.6 Å². The van der Waals surface area contributed by atoms with Crippen molar-refractivity contribution in [3.8, 4) is 0 Å². The molecule has 0 bridgehead atoms. The molecule has 6 atom stereocenters. The molecule has 2 saturated carbocycles. The quantitative estimate of drug-likeness (QED) is 0.128. The Bertz CT molecular complexity index is 825. The van der Waals surface area contributed by atoms with Gasteiger partial charge in [0.25, 0.3) is 0 Å². The van der Waals surface area contributed by atoms with E-state index in [1.54, 1.807) is 13.0 Å². The molecule has 2 aliphatic carbocycles. The molecule has 3 fully saturated rings. The topological polar surface area (TPSA) is 133 Å². The maximum atomic E-state index is 11.8. The van der Waals surface area contributed by atoms with Gasteiger partial charge in [-0.25, -0.2) is 13.2 Å². The van der Waals surface area contributed by atoms with Crippen LogP contribution in [0.15, 0.2) is 23.8 Å². The summed E-state index contributed by atoms with van der Waals surface area (Å²) in [4.78, 5) is 11.8. The third-order valence-electron chi connectivity index (χ3n) is 7.41. The molecule has 0 spiro atoms. The monoisotopic (exact) mass is 452 g/mol. The molecule has 164 valence electrons. The summed E-state index contributed by atoms with van der Waals surface area (Å²) < 4.78 is 42.6. The zero-order valence-corrected chi connectivity index (χ0v) is 20.6. The van der Waals surface area contributed by atoms with Gasteiger partial charge in [0.1, 0.15) is 12.7 Å². The first-order valence-electron chi connectivity index (χ1n) is 9.89. The van der Waals surface area contributed by atoms with Crippen LogP contribution in [0, 0.1) is 22.7 Å². The minimum absolute atomic E-state index is 0. The molecule has 0 radical (unpaired) electrons. The Kier molecular flexibility index (Phi) is 8.07. The van der Waals surface area contributed by atoms with Gasteiger partial charge < -0.3 is 19.5 Å². The van der Waals surface area contributed by atoms with Crippen LogP contribution in [0.2, 0.25) is 0 Å². The van der Waals surface area contributed by atoms with Crippen molar-refractivity contribution in [2.45, 2.75) is 58.2 Å². The molecular formula is C20H29NaO8S. The Hall–Kier alpha value is -0.260. The Labute approximate surface area is 200 Å². The number of hydrogen-bond donors (Lipinski definition) is 2. The first-order chi connectivity index (χ1) is 13.4. The van der Waals surface area contributed by atoms with E-state index < -0.39 is 34.0 Å². The molecule has 10 heteroatoms. The Balaban J connectivity index is 0.00000320. The molecule has 2 N–H and O–H groups in total. The Morgan fingerprint density at radius 2 is 2.00 bits per heavy atom. The first kappa shape index (κ1) is 26.0. The van der Waals surface area contributed by atoms with E-state index in [0.29, 0.717) is 32.1 Å². The zero-order valence-electron chi connectivity index (χ0n) is 17.8. The molecule has 0 aromatic carbocycles. The zero-order chi connectivity index (χ0) is 21.6. The van der Waals surface area contributed by atoms with Gasteiger partial charge in [0.2, 0.25) is 10.4 Å². The maximum Gasteiger partial charge on any atom is 1.00 e. The molecule has 1 saturated heterocycles. The van der Waals surface area contributed by atoms with E-state index in [1.165, 1.54) is 0 Å². The van der Waals surface area contributed by atoms with Crippen molar-refractivity contribution in [2.75, 3.05) is 13.2 Å². The number of carbonyl (C=O) groups is 1. The Morgan fingerprint density at radius 3 is 2.57 bits per heavy atom. The van der Waals surface area contributed by atoms with Crippen molar-refractivity contribution in [2.24, 2.45) is 22.7 Å². The van der Waals surface area contributed by atoms with Crippen molar-refractivity contribution in [3.63, 3.8) is 0 Å². The smallest absolute Gasteiger partial charge is 0.726 e. The van der Waals surface area contributed by atoms with Crippen LogP contribution in [-0.2, 0) is 24.1 Å². The summed E-state index contributed by atoms with van der Waals surface area (Å²) >= 11 is 0. The van der Waals surface area contributed by atoms with Gasteiger partial charge in [-0.1, -0.05) is 32.1 Å². The third kappa shape index (κ3) is 4.88. The molecule has 8 nitrogen and oxygen atoms in total. The number of esters is 1. The number of aliphatic hydroxyl groups excluding tert-OH is 2. The van der Waals surface area contributed by atoms with Crippen molar-refractivity contribution in [1.29, 1.82) is 0 Å². The number of ether oxygens (including phenoxy) is 1. The fourth-order valence-electron chi connectivity index (χ4n) is 5.74. The van der Waals surface area contributed by atoms with E-state index in [1.807, 2.05) is 0 Å². The predicted molar refractivity (Wildman–Crippen MR) is 102 cm³/mol. The van der Waals surface area contributed by atoms with E-state index in [-0.39, 0.29) is 65.6 Å². The molecule has 3 aliphatic rings. The minimum atomic E-state index is -4.87. The van der Waals surface area contributed by atoms with Gasteiger partial charge in [-0.05, 0) is 49.4 Å². The van der Waals surface area contributed by atoms with Crippen LogP contribution >= 0.6 is 0 Å². The molecule has 0 unspecified atom stereocenters. The summed E-state index contributed by atoms with van der Waals surface area (Å²) in [6.07, 6.45) is 2.99. The molecule has 0 aromatic heterocycles. The average molecular weight is 453 g/mol. The summed E-state index contributed by atoms with van der Waals surface area (Å²) in [7, 11) is -4.87. The van der Waals surface area contributed by atoms with Gasteiger partial charge in [-0.2, -0.15) is 0 Å². The number of fused-ring (bicyclic) bond motifs is 1. The van der Waals surface area contributed by atoms with Gasteiger partial charge in [0.05, 0.1) is 18.3 Å². The normalized spacial score (nSPS) is 40.6. The molecule has 1 aliphatic heterocycles. The second kappa shape index (κ2) is 9.31. The molecule has 0 amide bonds. The van der Waals surface area contributed by atoms with E-state index in [4.69, 9.17) is 4.74 Å². The Morgan fingerprint density at radius 1 is 1.33 bits per heavy atom. The van der Waals surface area contributed by atoms with E-state index in [2.05, 4.69) is 17.7 Å². The SMILES string of the molecule is C=C1CC[C@@H]2[C@](C)(COS(=O)(=O)[O-])[C@H](O)CC[C@@]2(C)[C@@H]1C/C=C1/C(=O)OC[C@H]1O.[Na+]. The molecule has 0 aromatic rings. The second-order valence-corrected chi connectivity index (χ2v) is 10.1. The van der Waals surface area contributed by atoms with Crippen molar-refractivity contribution < 1.29 is 66.5 Å². The fraction of sp³-hybridized carbons (Fsp3) is 0.750. The van der Waals surface area contributed by atoms with Crippen molar-refractivity contribution >= 4 is 16.4 Å². The third-order valence-corrected chi connectivity index (χ3v) is 7.81. The van der Waals surface area contributed by atoms with Gasteiger partial charge in [0, 0.05) is 5.41 Å². The number of hydrogen-bond acceptors (Lipinski definition) is 8. The van der Waals surface area contributed by atoms with Crippen LogP contribution in [0.25, 0.3) is 0 Å². The standard InChI is InChI=1S/C20H30O8S.Na/c1-12-4-7-16-19(2,14(12)6-5-13-15(21)10-27-18(13)23)9-8-17(22)20(16,3)11-28-29(24,25)26;/h5,14-17,21-22H,1,4,6-11H2,2-3H3,(H,24,25,26);/q;+1/p-1/b13-5+;/t14-,15-,16+,17-,19+,20+;/m1./s1. The number of rotatable bonds is 5. The fourth-order valence-corrected chi connectivity index (χ4v) is 6.14. The van der Waals surface area contributed by atoms with Gasteiger partial charge in [-0.15, -0.1) is 0 Å². The van der Waals surface area contributed by atoms with Gasteiger partial charge >= 0.3 is 35.5 Å². The molecule has 3 rings (SSSR count). The summed E-state index contributed by atoms with van der Waals surface area (Å²) in [6, 6.07) is 0. The first-order valence-corrected chi connectivity index (χ1v) is 11.2. The van der Waals surface area contributed by atoms with Crippen LogP contribution in [0.4, 0.5) is 0 Å². The van der Waals surface area contributed by atoms with Crippen LogP contribution in [0.5, 0.6) is 0 Å². The van der Waals surface area contributed by atoms with E-state index >= 15 is 0 Å². The van der Waals surface area contributed by atoms with E-state index in [0.717, 1.165) is 5.57 Å². The molecule has 1 heterocycles. The number of allylic oxidation sites excluding steroid dienone is 2. The van der Waals surface area contributed by atoms with Gasteiger partial charge in [0.15, 0.2) is 0 Å². The summed E-state index contributed by atoms with van der Waals surface area (Å²) in [5.74, 6) is -0.640. The number of aliphatic hydroxyl groups is 2. The predicted octanol–water partition coefficient (Wildman–Crippen LogP) is -1.55. The minimum Gasteiger partial charge on any atom is -0.726 e. The van der Waals surface area contributed by atoms with Crippen molar-refractivity contribution in [3.05, 3.63) is 23.8 Å². The second-order valence-electron chi connectivity index (χ2n) is 9.05. The summed E-state index contributed by atoms with van der Waals surface area (Å²) in [5.41, 5.74) is 0.0483. The summed E-state index contributed by atoms with van der Waals surface area (Å²) in [5, 5.41) is 20.6. The molecular weight excluding hydrogens is 423 g/mol. The summed E-state index contributed by atoms with van der Waals surface area (Å²) in [6.45, 7) is 7.67. The van der Waals surface area contributed by atoms with Crippen LogP contribution in [0.1, 0.15) is 46.0 Å². The van der Waals surface area contributed by atoms with Gasteiger partial charge in [-0.3, -0.25) is 4.18 Å². The largest absolute Gasteiger partial charge is 1.00 e. The van der Waals surface area contributed by atoms with Crippen molar-refractivity contribution in [1.82, 2.24) is 0 Å². The molecule has 30 heavy (non-hydrogen) atoms. The van der Waals surface area contributed by atoms with Crippen LogP contribution < -0.4 is 29.6 Å².